The molecule has 6 aromatic carbocycles. The van der Waals surface area contributed by atoms with Crippen molar-refractivity contribution in [2.75, 3.05) is 20.3 Å². The maximum absolute atomic E-state index is 14.1. The monoisotopic (exact) mass is 762 g/mol. The van der Waals surface area contributed by atoms with Crippen LogP contribution in [0, 0.1) is 5.41 Å². The van der Waals surface area contributed by atoms with Crippen molar-refractivity contribution < 1.29 is 18.4 Å². The molecule has 4 nitrogen and oxygen atoms in total. The highest BCUT2D eigenvalue weighted by molar-refractivity contribution is 7.00. The van der Waals surface area contributed by atoms with Gasteiger partial charge < -0.3 is 18.4 Å². The van der Waals surface area contributed by atoms with Crippen LogP contribution < -0.4 is 25.5 Å². The second kappa shape index (κ2) is 16.5. The first-order valence-corrected chi connectivity index (χ1v) is 22.9. The number of hydrogen-bond donors (Lipinski definition) is 0. The van der Waals surface area contributed by atoms with Gasteiger partial charge in [0.2, 0.25) is 0 Å². The van der Waals surface area contributed by atoms with Crippen LogP contribution in [0.5, 0.6) is 5.75 Å². The molecule has 0 unspecified atom stereocenters. The molecule has 55 heavy (non-hydrogen) atoms. The average molecular weight is 763 g/mol. The average Bonchev–Trinajstić information content (AvgIpc) is 3.20. The minimum Gasteiger partial charge on any atom is -0.496 e. The number of hydrogen-bond acceptors (Lipinski definition) is 4. The van der Waals surface area contributed by atoms with Crippen LogP contribution in [0.4, 0.5) is 0 Å². The molecule has 0 saturated carbocycles. The summed E-state index contributed by atoms with van der Waals surface area (Å²) in [5, 5.41) is 6.17. The fourth-order valence-electron chi connectivity index (χ4n) is 8.13. The molecule has 6 heteroatoms. The Morgan fingerprint density at radius 1 is 0.509 bits per heavy atom. The maximum Gasteiger partial charge on any atom is 0.261 e. The van der Waals surface area contributed by atoms with Gasteiger partial charge in [0.15, 0.2) is 0 Å². The lowest BCUT2D eigenvalue weighted by molar-refractivity contribution is -0.117. The van der Waals surface area contributed by atoms with Crippen LogP contribution in [0.1, 0.15) is 47.1 Å². The highest BCUT2D eigenvalue weighted by Crippen LogP contribution is 2.41. The molecular weight excluding hydrogens is 709 g/mol. The Morgan fingerprint density at radius 3 is 1.25 bits per heavy atom. The second-order valence-corrected chi connectivity index (χ2v) is 25.1. The first kappa shape index (κ1) is 39.8. The number of benzene rings is 6. The van der Waals surface area contributed by atoms with Crippen molar-refractivity contribution in [3.63, 3.8) is 0 Å². The van der Waals surface area contributed by atoms with Gasteiger partial charge in [-0.25, -0.2) is 0 Å². The Kier molecular flexibility index (Phi) is 11.9. The summed E-state index contributed by atoms with van der Waals surface area (Å²) in [6.07, 6.45) is 5.11. The van der Waals surface area contributed by atoms with E-state index in [1.807, 2.05) is 54.6 Å². The van der Waals surface area contributed by atoms with Gasteiger partial charge in [0, 0.05) is 5.56 Å². The molecule has 0 heterocycles. The van der Waals surface area contributed by atoms with Gasteiger partial charge in [-0.05, 0) is 47.7 Å². The Hall–Kier alpha value is -4.86. The zero-order chi connectivity index (χ0) is 39.2. The molecule has 0 atom stereocenters. The molecule has 0 spiro atoms. The summed E-state index contributed by atoms with van der Waals surface area (Å²) in [5.41, 5.74) is -0.273. The molecule has 0 radical (unpaired) electrons. The van der Waals surface area contributed by atoms with Gasteiger partial charge in [0.25, 0.3) is 16.6 Å². The van der Waals surface area contributed by atoms with Gasteiger partial charge in [-0.3, -0.25) is 0 Å². The topological polar surface area (TPSA) is 44.8 Å². The summed E-state index contributed by atoms with van der Waals surface area (Å²) in [5.74, 6) is 0.732. The van der Waals surface area contributed by atoms with E-state index < -0.39 is 22.0 Å². The zero-order valence-electron chi connectivity index (χ0n) is 33.3. The smallest absolute Gasteiger partial charge is 0.261 e. The summed E-state index contributed by atoms with van der Waals surface area (Å²) in [4.78, 5) is 14.1. The zero-order valence-corrected chi connectivity index (χ0v) is 35.3. The number of rotatable bonds is 14. The Morgan fingerprint density at radius 2 is 0.891 bits per heavy atom. The Labute approximate surface area is 330 Å². The summed E-state index contributed by atoms with van der Waals surface area (Å²) in [7, 11) is -4.41. The third kappa shape index (κ3) is 7.83. The largest absolute Gasteiger partial charge is 0.496 e. The molecular formula is C49H54O4Si2. The molecule has 0 bridgehead atoms. The molecule has 0 amide bonds. The number of fused-ring (bicyclic) bond motifs is 1. The number of ether oxygens (including phenoxy) is 1. The van der Waals surface area contributed by atoms with Crippen molar-refractivity contribution in [2.24, 2.45) is 5.41 Å². The van der Waals surface area contributed by atoms with Crippen molar-refractivity contribution >= 4 is 60.5 Å². The standard InChI is InChI=1S/C49H54O4Si2/c1-47(2,3)54(40-23-12-8-13-24-40,41-25-14-9-15-26-41)52-37-49(36-50,35-34-45-44-31-21-20-22-39(44)32-33-46(45)51-7)38-53-55(48(4,5)6,42-27-16-10-17-28-42)43-29-18-11-19-30-43/h8-36H,37-38H2,1-7H3/b35-34+. The van der Waals surface area contributed by atoms with Crippen LogP contribution in [0.15, 0.2) is 164 Å². The fourth-order valence-corrected chi connectivity index (χ4v) is 17.4. The van der Waals surface area contributed by atoms with Gasteiger partial charge in [0.05, 0.1) is 25.7 Å². The van der Waals surface area contributed by atoms with Crippen LogP contribution in [0.2, 0.25) is 10.1 Å². The normalized spacial score (nSPS) is 12.9. The first-order valence-electron chi connectivity index (χ1n) is 19.1. The molecule has 282 valence electrons. The van der Waals surface area contributed by atoms with Crippen molar-refractivity contribution in [3.8, 4) is 5.75 Å². The summed E-state index contributed by atoms with van der Waals surface area (Å²) >= 11 is 0. The molecule has 6 aromatic rings. The van der Waals surface area contributed by atoms with Crippen LogP contribution in [0.3, 0.4) is 0 Å². The van der Waals surface area contributed by atoms with Crippen molar-refractivity contribution in [1.82, 2.24) is 0 Å². The van der Waals surface area contributed by atoms with Gasteiger partial charge >= 0.3 is 0 Å². The van der Waals surface area contributed by atoms with E-state index in [-0.39, 0.29) is 23.3 Å². The molecule has 0 aromatic heterocycles. The summed E-state index contributed by atoms with van der Waals surface area (Å²) in [6, 6.07) is 54.6. The van der Waals surface area contributed by atoms with E-state index in [9.17, 15) is 4.79 Å². The van der Waals surface area contributed by atoms with Crippen LogP contribution in [-0.4, -0.2) is 43.2 Å². The molecule has 0 aliphatic rings. The van der Waals surface area contributed by atoms with Gasteiger partial charge in [-0.1, -0.05) is 205 Å². The van der Waals surface area contributed by atoms with E-state index in [1.165, 1.54) is 0 Å². The maximum atomic E-state index is 14.1. The second-order valence-electron chi connectivity index (χ2n) is 16.5. The van der Waals surface area contributed by atoms with Crippen LogP contribution in [-0.2, 0) is 13.6 Å². The van der Waals surface area contributed by atoms with Crippen molar-refractivity contribution in [1.29, 1.82) is 0 Å². The lowest BCUT2D eigenvalue weighted by Gasteiger charge is -2.46. The Balaban J connectivity index is 1.56. The third-order valence-electron chi connectivity index (χ3n) is 10.9. The minimum atomic E-state index is -3.05. The molecule has 0 N–H and O–H groups in total. The molecule has 6 rings (SSSR count). The first-order chi connectivity index (χ1) is 26.4. The fraction of sp³-hybridized carbons (Fsp3) is 0.245. The highest BCUT2D eigenvalue weighted by Gasteiger charge is 2.54. The number of methoxy groups -OCH3 is 1. The van der Waals surface area contributed by atoms with E-state index >= 15 is 0 Å². The summed E-state index contributed by atoms with van der Waals surface area (Å²) < 4.78 is 21.1. The lowest BCUT2D eigenvalue weighted by atomic mass is 9.90. The lowest BCUT2D eigenvalue weighted by Crippen LogP contribution is -2.68. The Bertz CT molecular complexity index is 2010. The highest BCUT2D eigenvalue weighted by atomic mass is 28.4. The van der Waals surface area contributed by atoms with E-state index in [0.29, 0.717) is 0 Å². The molecule has 0 saturated heterocycles. The van der Waals surface area contributed by atoms with Gasteiger partial charge in [0.1, 0.15) is 12.0 Å². The molecule has 0 aliphatic carbocycles. The minimum absolute atomic E-state index is 0.117. The molecule has 0 aliphatic heterocycles. The predicted molar refractivity (Wildman–Crippen MR) is 235 cm³/mol. The summed E-state index contributed by atoms with van der Waals surface area (Å²) in [6.45, 7) is 13.8. The third-order valence-corrected chi connectivity index (χ3v) is 20.9. The van der Waals surface area contributed by atoms with E-state index in [4.69, 9.17) is 13.6 Å². The van der Waals surface area contributed by atoms with Gasteiger partial charge in [-0.15, -0.1) is 0 Å². The van der Waals surface area contributed by atoms with E-state index in [2.05, 4.69) is 157 Å². The van der Waals surface area contributed by atoms with E-state index in [0.717, 1.165) is 49.1 Å². The predicted octanol–water partition coefficient (Wildman–Crippen LogP) is 9.20. The van der Waals surface area contributed by atoms with Crippen LogP contribution in [0.25, 0.3) is 16.8 Å². The number of carbonyl (C=O) groups is 1. The van der Waals surface area contributed by atoms with E-state index in [1.54, 1.807) is 7.11 Å². The SMILES string of the molecule is COc1ccc2ccccc2c1/C=C/C(C=O)(CO[Si](c1ccccc1)(c1ccccc1)C(C)(C)C)CO[Si](c1ccccc1)(c1ccccc1)C(C)(C)C. The van der Waals surface area contributed by atoms with Crippen LogP contribution >= 0.6 is 0 Å². The van der Waals surface area contributed by atoms with Gasteiger partial charge in [-0.2, -0.15) is 0 Å². The molecule has 0 fully saturated rings. The number of aldehydes is 1. The van der Waals surface area contributed by atoms with Crippen molar-refractivity contribution in [3.05, 3.63) is 169 Å². The quantitative estimate of drug-likeness (QED) is 0.0821. The van der Waals surface area contributed by atoms with Crippen molar-refractivity contribution in [2.45, 2.75) is 51.6 Å². The number of carbonyl (C=O) groups excluding carboxylic acids is 1.